The van der Waals surface area contributed by atoms with Crippen molar-refractivity contribution in [1.29, 1.82) is 10.5 Å². The molecule has 6 rings (SSSR count). The minimum Gasteiger partial charge on any atom is -0.488 e. The molecule has 366 valence electrons. The van der Waals surface area contributed by atoms with E-state index < -0.39 is 0 Å². The van der Waals surface area contributed by atoms with Crippen LogP contribution in [0, 0.1) is 50.4 Å². The van der Waals surface area contributed by atoms with E-state index in [-0.39, 0.29) is 49.8 Å². The van der Waals surface area contributed by atoms with Crippen molar-refractivity contribution in [1.82, 2.24) is 31.2 Å². The van der Waals surface area contributed by atoms with E-state index >= 15 is 0 Å². The SMILES string of the molecule is CC(=O)NCCNCc1cc(C)c(OCc2cccc(-c3cccc(COc4cc(OCc5cncc(C#N)c5)c(CNCCNC(C)=O)cc4C)c3C)c2C)cc1OCc1cncc(C#N)c1.Cl.Cl. The average Bonchev–Trinajstić information content (AvgIpc) is 3.33. The highest BCUT2D eigenvalue weighted by molar-refractivity contribution is 5.85. The first kappa shape index (κ1) is 55.4. The lowest BCUT2D eigenvalue weighted by Gasteiger charge is -2.19. The lowest BCUT2D eigenvalue weighted by atomic mass is 9.92. The third kappa shape index (κ3) is 15.9. The fourth-order valence-electron chi connectivity index (χ4n) is 7.57. The van der Waals surface area contributed by atoms with Crippen molar-refractivity contribution < 1.29 is 28.5 Å². The molecule has 0 spiro atoms. The van der Waals surface area contributed by atoms with Crippen LogP contribution in [0.15, 0.2) is 97.6 Å². The molecule has 2 heterocycles. The summed E-state index contributed by atoms with van der Waals surface area (Å²) in [4.78, 5) is 31.1. The quantitative estimate of drug-likeness (QED) is 0.0447. The molecule has 0 unspecified atom stereocenters. The molecule has 0 atom stereocenters. The fraction of sp³-hybridized carbons (Fsp3) is 0.296. The summed E-state index contributed by atoms with van der Waals surface area (Å²) in [6.45, 7) is 15.5. The Balaban J connectivity index is 0.00000533. The minimum absolute atomic E-state index is 0. The van der Waals surface area contributed by atoms with Crippen LogP contribution in [-0.2, 0) is 49.1 Å². The number of amides is 2. The van der Waals surface area contributed by atoms with Crippen molar-refractivity contribution in [3.8, 4) is 46.3 Å². The van der Waals surface area contributed by atoms with Crippen molar-refractivity contribution in [3.63, 3.8) is 0 Å². The summed E-state index contributed by atoms with van der Waals surface area (Å²) in [7, 11) is 0. The molecule has 4 aromatic carbocycles. The number of carbonyl (C=O) groups excluding carboxylic acids is 2. The molecule has 6 aromatic rings. The van der Waals surface area contributed by atoms with Gasteiger partial charge in [-0.2, -0.15) is 10.5 Å². The number of halogens is 2. The number of rotatable bonds is 23. The first-order valence-corrected chi connectivity index (χ1v) is 22.5. The first-order chi connectivity index (χ1) is 32.9. The van der Waals surface area contributed by atoms with Crippen molar-refractivity contribution >= 4 is 36.6 Å². The van der Waals surface area contributed by atoms with Gasteiger partial charge in [0.1, 0.15) is 61.6 Å². The number of aromatic nitrogens is 2. The van der Waals surface area contributed by atoms with Gasteiger partial charge in [-0.25, -0.2) is 0 Å². The number of nitrogens with zero attached hydrogens (tertiary/aromatic N) is 4. The Bertz CT molecular complexity index is 2640. The van der Waals surface area contributed by atoms with E-state index in [1.165, 1.54) is 26.2 Å². The second-order valence-corrected chi connectivity index (χ2v) is 16.5. The highest BCUT2D eigenvalue weighted by Gasteiger charge is 2.17. The molecule has 0 aliphatic rings. The van der Waals surface area contributed by atoms with Gasteiger partial charge in [-0.15, -0.1) is 24.8 Å². The van der Waals surface area contributed by atoms with Crippen molar-refractivity contribution in [2.24, 2.45) is 0 Å². The number of hydrogen-bond donors (Lipinski definition) is 4. The van der Waals surface area contributed by atoms with Crippen LogP contribution in [0.2, 0.25) is 0 Å². The standard InChI is InChI=1S/C54H58N8O6.2ClH/c1-35-17-47(29-57-13-15-61-39(5)63)53(65-31-43-19-41(23-55)25-59-27-43)21-51(35)67-33-45-9-7-11-49(37(45)3)50-12-8-10-46(38(50)4)34-68-52-22-54(66-32-44-20-42(24-56)26-60-28-44)48(18-36(52)2)30-58-14-16-62-40(6)64;;/h7-12,17-22,25-28,57-58H,13-16,29-34H2,1-6H3,(H,61,63)(H,62,64);2*1H. The van der Waals surface area contributed by atoms with E-state index in [0.717, 1.165) is 66.8 Å². The molecule has 4 N–H and O–H groups in total. The molecular formula is C54H60Cl2N8O6. The van der Waals surface area contributed by atoms with Gasteiger partial charge in [-0.3, -0.25) is 19.6 Å². The zero-order chi connectivity index (χ0) is 48.4. The van der Waals surface area contributed by atoms with Gasteiger partial charge < -0.3 is 40.2 Å². The van der Waals surface area contributed by atoms with Gasteiger partial charge in [-0.05, 0) is 96.5 Å². The van der Waals surface area contributed by atoms with Gasteiger partial charge in [0.25, 0.3) is 0 Å². The maximum absolute atomic E-state index is 11.4. The molecule has 0 bridgehead atoms. The Labute approximate surface area is 423 Å². The van der Waals surface area contributed by atoms with Crippen LogP contribution in [0.25, 0.3) is 11.1 Å². The number of benzene rings is 4. The molecule has 0 saturated heterocycles. The van der Waals surface area contributed by atoms with Crippen LogP contribution in [0.1, 0.15) is 80.6 Å². The molecule has 0 saturated carbocycles. The molecule has 0 radical (unpaired) electrons. The van der Waals surface area contributed by atoms with Crippen molar-refractivity contribution in [2.75, 3.05) is 26.2 Å². The summed E-state index contributed by atoms with van der Waals surface area (Å²) >= 11 is 0. The minimum atomic E-state index is -0.0788. The highest BCUT2D eigenvalue weighted by atomic mass is 35.5. The number of hydrogen-bond acceptors (Lipinski definition) is 12. The molecule has 70 heavy (non-hydrogen) atoms. The highest BCUT2D eigenvalue weighted by Crippen LogP contribution is 2.35. The lowest BCUT2D eigenvalue weighted by Crippen LogP contribution is -2.30. The molecule has 0 aliphatic carbocycles. The maximum atomic E-state index is 11.4. The van der Waals surface area contributed by atoms with Crippen LogP contribution < -0.4 is 40.2 Å². The Morgan fingerprint density at radius 1 is 0.514 bits per heavy atom. The zero-order valence-electron chi connectivity index (χ0n) is 40.4. The Morgan fingerprint density at radius 2 is 0.914 bits per heavy atom. The van der Waals surface area contributed by atoms with Gasteiger partial charge in [-0.1, -0.05) is 36.4 Å². The number of pyridine rings is 2. The summed E-state index contributed by atoms with van der Waals surface area (Å²) < 4.78 is 25.8. The normalized spacial score (nSPS) is 10.4. The molecule has 2 amide bonds. The van der Waals surface area contributed by atoms with Gasteiger partial charge in [0.15, 0.2) is 0 Å². The molecule has 2 aromatic heterocycles. The van der Waals surface area contributed by atoms with Crippen LogP contribution in [-0.4, -0.2) is 48.0 Å². The Hall–Kier alpha value is -7.20. The monoisotopic (exact) mass is 986 g/mol. The van der Waals surface area contributed by atoms with Gasteiger partial charge >= 0.3 is 0 Å². The van der Waals surface area contributed by atoms with E-state index in [9.17, 15) is 20.1 Å². The molecular weight excluding hydrogens is 928 g/mol. The van der Waals surface area contributed by atoms with Crippen molar-refractivity contribution in [3.05, 3.63) is 164 Å². The third-order valence-corrected chi connectivity index (χ3v) is 11.3. The smallest absolute Gasteiger partial charge is 0.216 e. The summed E-state index contributed by atoms with van der Waals surface area (Å²) in [5, 5.41) is 31.1. The second kappa shape index (κ2) is 27.7. The van der Waals surface area contributed by atoms with Gasteiger partial charge in [0.05, 0.1) is 11.1 Å². The van der Waals surface area contributed by atoms with E-state index in [2.05, 4.69) is 93.6 Å². The molecule has 0 aliphatic heterocycles. The van der Waals surface area contributed by atoms with E-state index in [1.54, 1.807) is 24.5 Å². The van der Waals surface area contributed by atoms with E-state index in [1.807, 2.05) is 38.1 Å². The van der Waals surface area contributed by atoms with Crippen LogP contribution in [0.5, 0.6) is 23.0 Å². The Kier molecular flexibility index (Phi) is 21.9. The number of carbonyl (C=O) groups is 2. The Morgan fingerprint density at radius 3 is 1.30 bits per heavy atom. The predicted molar refractivity (Wildman–Crippen MR) is 274 cm³/mol. The van der Waals surface area contributed by atoms with E-state index in [4.69, 9.17) is 18.9 Å². The second-order valence-electron chi connectivity index (χ2n) is 16.5. The maximum Gasteiger partial charge on any atom is 0.216 e. The number of ether oxygens (including phenoxy) is 4. The predicted octanol–water partition coefficient (Wildman–Crippen LogP) is 8.73. The fourth-order valence-corrected chi connectivity index (χ4v) is 7.57. The van der Waals surface area contributed by atoms with Gasteiger partial charge in [0, 0.05) is 112 Å². The average molecular weight is 988 g/mol. The van der Waals surface area contributed by atoms with Crippen LogP contribution >= 0.6 is 24.8 Å². The first-order valence-electron chi connectivity index (χ1n) is 22.5. The van der Waals surface area contributed by atoms with Crippen molar-refractivity contribution in [2.45, 2.75) is 81.1 Å². The summed E-state index contributed by atoms with van der Waals surface area (Å²) in [6, 6.07) is 28.2. The van der Waals surface area contributed by atoms with Crippen LogP contribution in [0.3, 0.4) is 0 Å². The number of aryl methyl sites for hydroxylation is 2. The third-order valence-electron chi connectivity index (χ3n) is 11.3. The van der Waals surface area contributed by atoms with Crippen LogP contribution in [0.4, 0.5) is 0 Å². The molecule has 0 fully saturated rings. The van der Waals surface area contributed by atoms with E-state index in [0.29, 0.717) is 86.6 Å². The number of nitriles is 2. The molecule has 16 heteroatoms. The molecule has 14 nitrogen and oxygen atoms in total. The number of nitrogens with one attached hydrogen (secondary N) is 4. The topological polar surface area (TPSA) is 193 Å². The summed E-state index contributed by atoms with van der Waals surface area (Å²) in [6.07, 6.45) is 6.41. The summed E-state index contributed by atoms with van der Waals surface area (Å²) in [5.74, 6) is 2.50. The lowest BCUT2D eigenvalue weighted by molar-refractivity contribution is -0.119. The van der Waals surface area contributed by atoms with Gasteiger partial charge in [0.2, 0.25) is 11.8 Å². The summed E-state index contributed by atoms with van der Waals surface area (Å²) in [5.41, 5.74) is 12.7. The largest absolute Gasteiger partial charge is 0.488 e. The zero-order valence-corrected chi connectivity index (χ0v) is 42.0.